The molecule has 0 radical (unpaired) electrons. The first-order valence-corrected chi connectivity index (χ1v) is 6.94. The van der Waals surface area contributed by atoms with Crippen molar-refractivity contribution in [2.45, 2.75) is 6.61 Å². The lowest BCUT2D eigenvalue weighted by Gasteiger charge is -2.02. The number of fused-ring (bicyclic) bond motifs is 1. The molecular formula is C17H13ClO3. The van der Waals surface area contributed by atoms with Crippen LogP contribution >= 0.6 is 11.6 Å². The van der Waals surface area contributed by atoms with Crippen LogP contribution in [0.25, 0.3) is 11.0 Å². The molecule has 0 saturated carbocycles. The molecule has 0 aliphatic rings. The van der Waals surface area contributed by atoms with E-state index >= 15 is 0 Å². The highest BCUT2D eigenvalue weighted by Crippen LogP contribution is 2.19. The van der Waals surface area contributed by atoms with Gasteiger partial charge in [-0.25, -0.2) is 0 Å². The minimum absolute atomic E-state index is 0.0115. The topological polar surface area (TPSA) is 39.4 Å². The Hall–Kier alpha value is -2.10. The van der Waals surface area contributed by atoms with Gasteiger partial charge in [0.25, 0.3) is 0 Å². The number of ether oxygens (including phenoxy) is 1. The van der Waals surface area contributed by atoms with Crippen molar-refractivity contribution in [2.75, 3.05) is 6.61 Å². The standard InChI is InChI=1S/C17H13ClO3/c18-14-7-5-12(6-8-14)10-20-11-15(19)17-9-13-3-1-2-4-16(13)21-17/h1-9H,10-11H2. The van der Waals surface area contributed by atoms with E-state index in [1.807, 2.05) is 36.4 Å². The van der Waals surface area contributed by atoms with Crippen molar-refractivity contribution in [1.82, 2.24) is 0 Å². The molecule has 3 rings (SSSR count). The summed E-state index contributed by atoms with van der Waals surface area (Å²) in [6.45, 7) is 0.353. The number of benzene rings is 2. The van der Waals surface area contributed by atoms with Gasteiger partial charge in [-0.15, -0.1) is 0 Å². The molecule has 0 unspecified atom stereocenters. The summed E-state index contributed by atoms with van der Waals surface area (Å²) in [7, 11) is 0. The number of rotatable bonds is 5. The number of furan rings is 1. The largest absolute Gasteiger partial charge is 0.453 e. The van der Waals surface area contributed by atoms with Crippen LogP contribution in [0.1, 0.15) is 16.1 Å². The molecule has 3 nitrogen and oxygen atoms in total. The van der Waals surface area contributed by atoms with Gasteiger partial charge in [-0.1, -0.05) is 41.9 Å². The molecule has 0 spiro atoms. The molecule has 0 fully saturated rings. The van der Waals surface area contributed by atoms with E-state index in [1.54, 1.807) is 18.2 Å². The zero-order valence-corrected chi connectivity index (χ0v) is 12.0. The molecule has 0 atom stereocenters. The van der Waals surface area contributed by atoms with E-state index < -0.39 is 0 Å². The quantitative estimate of drug-likeness (QED) is 0.652. The lowest BCUT2D eigenvalue weighted by atomic mass is 10.2. The zero-order chi connectivity index (χ0) is 14.7. The van der Waals surface area contributed by atoms with E-state index in [0.29, 0.717) is 23.0 Å². The third-order valence-corrected chi connectivity index (χ3v) is 3.37. The summed E-state index contributed by atoms with van der Waals surface area (Å²) in [5.41, 5.74) is 1.68. The van der Waals surface area contributed by atoms with E-state index in [4.69, 9.17) is 20.8 Å². The molecule has 0 aliphatic carbocycles. The number of ketones is 1. The van der Waals surface area contributed by atoms with Crippen molar-refractivity contribution in [3.63, 3.8) is 0 Å². The van der Waals surface area contributed by atoms with E-state index in [2.05, 4.69) is 0 Å². The van der Waals surface area contributed by atoms with Crippen molar-refractivity contribution in [3.8, 4) is 0 Å². The van der Waals surface area contributed by atoms with Crippen LogP contribution in [0.15, 0.2) is 59.0 Å². The summed E-state index contributed by atoms with van der Waals surface area (Å²) in [4.78, 5) is 12.0. The van der Waals surface area contributed by atoms with Crippen LogP contribution in [0.4, 0.5) is 0 Å². The minimum Gasteiger partial charge on any atom is -0.453 e. The second-order valence-electron chi connectivity index (χ2n) is 4.69. The van der Waals surface area contributed by atoms with E-state index in [9.17, 15) is 4.79 Å². The van der Waals surface area contributed by atoms with Crippen molar-refractivity contribution in [1.29, 1.82) is 0 Å². The number of hydrogen-bond donors (Lipinski definition) is 0. The fraction of sp³-hybridized carbons (Fsp3) is 0.118. The van der Waals surface area contributed by atoms with Gasteiger partial charge in [0.15, 0.2) is 5.76 Å². The number of carbonyl (C=O) groups is 1. The van der Waals surface area contributed by atoms with Crippen molar-refractivity contribution >= 4 is 28.4 Å². The Morgan fingerprint density at radius 1 is 1.10 bits per heavy atom. The fourth-order valence-electron chi connectivity index (χ4n) is 2.03. The van der Waals surface area contributed by atoms with Gasteiger partial charge < -0.3 is 9.15 Å². The third kappa shape index (κ3) is 3.32. The van der Waals surface area contributed by atoms with Crippen molar-refractivity contribution < 1.29 is 13.9 Å². The first kappa shape index (κ1) is 13.9. The molecule has 0 aliphatic heterocycles. The number of hydrogen-bond acceptors (Lipinski definition) is 3. The van der Waals surface area contributed by atoms with Gasteiger partial charge in [0.05, 0.1) is 6.61 Å². The van der Waals surface area contributed by atoms with E-state index in [-0.39, 0.29) is 12.4 Å². The molecule has 4 heteroatoms. The third-order valence-electron chi connectivity index (χ3n) is 3.12. The number of para-hydroxylation sites is 1. The van der Waals surface area contributed by atoms with Gasteiger partial charge in [-0.3, -0.25) is 4.79 Å². The molecule has 0 N–H and O–H groups in total. The normalized spacial score (nSPS) is 10.9. The maximum atomic E-state index is 12.0. The van der Waals surface area contributed by atoms with Gasteiger partial charge in [-0.2, -0.15) is 0 Å². The number of Topliss-reactive ketones (excluding diaryl/α,β-unsaturated/α-hetero) is 1. The average Bonchev–Trinajstić information content (AvgIpc) is 2.93. The maximum Gasteiger partial charge on any atom is 0.223 e. The second kappa shape index (κ2) is 6.12. The van der Waals surface area contributed by atoms with Crippen molar-refractivity contribution in [3.05, 3.63) is 70.9 Å². The van der Waals surface area contributed by atoms with Gasteiger partial charge in [0.1, 0.15) is 12.2 Å². The minimum atomic E-state index is -0.167. The monoisotopic (exact) mass is 300 g/mol. The molecule has 0 saturated heterocycles. The smallest absolute Gasteiger partial charge is 0.223 e. The predicted octanol–water partition coefficient (Wildman–Crippen LogP) is 4.49. The van der Waals surface area contributed by atoms with Gasteiger partial charge >= 0.3 is 0 Å². The summed E-state index contributed by atoms with van der Waals surface area (Å²) in [6.07, 6.45) is 0. The van der Waals surface area contributed by atoms with Gasteiger partial charge in [-0.05, 0) is 29.8 Å². The first-order valence-electron chi connectivity index (χ1n) is 6.56. The van der Waals surface area contributed by atoms with Crippen LogP contribution in [0.2, 0.25) is 5.02 Å². The predicted molar refractivity (Wildman–Crippen MR) is 81.7 cm³/mol. The maximum absolute atomic E-state index is 12.0. The van der Waals surface area contributed by atoms with Crippen LogP contribution in [0, 0.1) is 0 Å². The Morgan fingerprint density at radius 3 is 2.62 bits per heavy atom. The molecule has 21 heavy (non-hydrogen) atoms. The van der Waals surface area contributed by atoms with Crippen molar-refractivity contribution in [2.24, 2.45) is 0 Å². The first-order chi connectivity index (χ1) is 10.2. The molecular weight excluding hydrogens is 288 g/mol. The van der Waals surface area contributed by atoms with E-state index in [0.717, 1.165) is 10.9 Å². The summed E-state index contributed by atoms with van der Waals surface area (Å²) in [6, 6.07) is 16.6. The van der Waals surface area contributed by atoms with Crippen LogP contribution in [0.5, 0.6) is 0 Å². The second-order valence-corrected chi connectivity index (χ2v) is 5.13. The van der Waals surface area contributed by atoms with Gasteiger partial charge in [0, 0.05) is 10.4 Å². The molecule has 0 amide bonds. The SMILES string of the molecule is O=C(COCc1ccc(Cl)cc1)c1cc2ccccc2o1. The number of carbonyl (C=O) groups excluding carboxylic acids is 1. The molecule has 1 aromatic heterocycles. The Morgan fingerprint density at radius 2 is 1.86 bits per heavy atom. The molecule has 106 valence electrons. The lowest BCUT2D eigenvalue weighted by Crippen LogP contribution is -2.08. The lowest BCUT2D eigenvalue weighted by molar-refractivity contribution is 0.0702. The zero-order valence-electron chi connectivity index (χ0n) is 11.2. The van der Waals surface area contributed by atoms with Crippen LogP contribution in [0.3, 0.4) is 0 Å². The Balaban J connectivity index is 1.60. The Bertz CT molecular complexity index is 726. The highest BCUT2D eigenvalue weighted by Gasteiger charge is 2.12. The Kier molecular flexibility index (Phi) is 4.04. The molecule has 0 bridgehead atoms. The highest BCUT2D eigenvalue weighted by molar-refractivity contribution is 6.30. The summed E-state index contributed by atoms with van der Waals surface area (Å²) in [5.74, 6) is 0.160. The van der Waals surface area contributed by atoms with E-state index in [1.165, 1.54) is 0 Å². The molecule has 2 aromatic carbocycles. The Labute approximate surface area is 127 Å². The molecule has 3 aromatic rings. The van der Waals surface area contributed by atoms with Gasteiger partial charge in [0.2, 0.25) is 5.78 Å². The summed E-state index contributed by atoms with van der Waals surface area (Å²) < 4.78 is 10.9. The fourth-order valence-corrected chi connectivity index (χ4v) is 2.16. The van der Waals surface area contributed by atoms with Crippen LogP contribution in [-0.4, -0.2) is 12.4 Å². The highest BCUT2D eigenvalue weighted by atomic mass is 35.5. The summed E-state index contributed by atoms with van der Waals surface area (Å²) >= 11 is 5.81. The van der Waals surface area contributed by atoms with Crippen LogP contribution < -0.4 is 0 Å². The summed E-state index contributed by atoms with van der Waals surface area (Å²) in [5, 5.41) is 1.59. The molecule has 1 heterocycles. The average molecular weight is 301 g/mol. The number of halogens is 1. The van der Waals surface area contributed by atoms with Crippen LogP contribution in [-0.2, 0) is 11.3 Å².